The molecule has 2 N–H and O–H groups in total. The van der Waals surface area contributed by atoms with E-state index in [1.165, 1.54) is 19.4 Å². The lowest BCUT2D eigenvalue weighted by Crippen LogP contribution is -2.02. The van der Waals surface area contributed by atoms with Crippen molar-refractivity contribution < 1.29 is 9.53 Å². The lowest BCUT2D eigenvalue weighted by molar-refractivity contribution is 0.0600. The SMILES string of the molecule is CC.COC(=O)c1ccnc(N)c1. The van der Waals surface area contributed by atoms with Crippen molar-refractivity contribution in [3.63, 3.8) is 0 Å². The van der Waals surface area contributed by atoms with Gasteiger partial charge in [0.1, 0.15) is 5.82 Å². The largest absolute Gasteiger partial charge is 0.465 e. The summed E-state index contributed by atoms with van der Waals surface area (Å²) in [6, 6.07) is 3.01. The van der Waals surface area contributed by atoms with E-state index in [-0.39, 0.29) is 0 Å². The van der Waals surface area contributed by atoms with E-state index in [2.05, 4.69) is 9.72 Å². The molecule has 4 heteroatoms. The molecule has 1 rings (SSSR count). The second-order valence-electron chi connectivity index (χ2n) is 1.96. The predicted octanol–water partition coefficient (Wildman–Crippen LogP) is 1.48. The Bertz CT molecular complexity index is 274. The maximum Gasteiger partial charge on any atom is 0.338 e. The molecule has 0 saturated carbocycles. The van der Waals surface area contributed by atoms with Crippen LogP contribution < -0.4 is 5.73 Å². The van der Waals surface area contributed by atoms with Crippen LogP contribution in [0, 0.1) is 0 Å². The van der Waals surface area contributed by atoms with Crippen LogP contribution in [0.4, 0.5) is 5.82 Å². The zero-order valence-electron chi connectivity index (χ0n) is 8.07. The highest BCUT2D eigenvalue weighted by atomic mass is 16.5. The van der Waals surface area contributed by atoms with Crippen molar-refractivity contribution in [3.05, 3.63) is 23.9 Å². The summed E-state index contributed by atoms with van der Waals surface area (Å²) in [5.41, 5.74) is 5.75. The van der Waals surface area contributed by atoms with Gasteiger partial charge < -0.3 is 10.5 Å². The number of carbonyl (C=O) groups excluding carboxylic acids is 1. The fourth-order valence-corrected chi connectivity index (χ4v) is 0.693. The van der Waals surface area contributed by atoms with E-state index in [1.807, 2.05) is 13.8 Å². The second-order valence-corrected chi connectivity index (χ2v) is 1.96. The van der Waals surface area contributed by atoms with Crippen LogP contribution in [-0.4, -0.2) is 18.1 Å². The molecule has 0 radical (unpaired) electrons. The molecule has 0 saturated heterocycles. The smallest absolute Gasteiger partial charge is 0.338 e. The van der Waals surface area contributed by atoms with E-state index in [0.29, 0.717) is 11.4 Å². The molecule has 1 aromatic rings. The minimum atomic E-state index is -0.404. The Labute approximate surface area is 77.7 Å². The minimum absolute atomic E-state index is 0.313. The summed E-state index contributed by atoms with van der Waals surface area (Å²) in [5, 5.41) is 0. The number of ether oxygens (including phenoxy) is 1. The quantitative estimate of drug-likeness (QED) is 0.668. The first-order valence-corrected chi connectivity index (χ1v) is 4.04. The average molecular weight is 182 g/mol. The number of nitrogens with two attached hydrogens (primary N) is 1. The molecule has 0 spiro atoms. The van der Waals surface area contributed by atoms with Gasteiger partial charge in [-0.05, 0) is 12.1 Å². The van der Waals surface area contributed by atoms with Gasteiger partial charge in [0.25, 0.3) is 0 Å². The van der Waals surface area contributed by atoms with Crippen molar-refractivity contribution in [3.8, 4) is 0 Å². The van der Waals surface area contributed by atoms with Gasteiger partial charge in [0.2, 0.25) is 0 Å². The summed E-state index contributed by atoms with van der Waals surface area (Å²) in [7, 11) is 1.32. The van der Waals surface area contributed by atoms with Crippen molar-refractivity contribution in [1.82, 2.24) is 4.98 Å². The molecule has 0 aromatic carbocycles. The van der Waals surface area contributed by atoms with E-state index in [4.69, 9.17) is 5.73 Å². The van der Waals surface area contributed by atoms with Crippen LogP contribution in [0.5, 0.6) is 0 Å². The molecule has 13 heavy (non-hydrogen) atoms. The van der Waals surface area contributed by atoms with Gasteiger partial charge >= 0.3 is 5.97 Å². The van der Waals surface area contributed by atoms with Crippen molar-refractivity contribution in [2.75, 3.05) is 12.8 Å². The lowest BCUT2D eigenvalue weighted by Gasteiger charge is -1.97. The highest BCUT2D eigenvalue weighted by molar-refractivity contribution is 5.89. The summed E-state index contributed by atoms with van der Waals surface area (Å²) in [4.78, 5) is 14.6. The molecule has 0 bridgehead atoms. The number of hydrogen-bond donors (Lipinski definition) is 1. The van der Waals surface area contributed by atoms with Gasteiger partial charge in [-0.2, -0.15) is 0 Å². The third-order valence-electron chi connectivity index (χ3n) is 1.20. The second kappa shape index (κ2) is 5.99. The van der Waals surface area contributed by atoms with Crippen LogP contribution in [0.15, 0.2) is 18.3 Å². The number of hydrogen-bond acceptors (Lipinski definition) is 4. The highest BCUT2D eigenvalue weighted by Crippen LogP contribution is 2.03. The van der Waals surface area contributed by atoms with Crippen LogP contribution in [0.25, 0.3) is 0 Å². The molecule has 0 fully saturated rings. The van der Waals surface area contributed by atoms with Gasteiger partial charge in [0, 0.05) is 6.20 Å². The molecule has 0 aliphatic heterocycles. The Balaban J connectivity index is 0.000000671. The molecular weight excluding hydrogens is 168 g/mol. The number of anilines is 1. The third-order valence-corrected chi connectivity index (χ3v) is 1.20. The van der Waals surface area contributed by atoms with Crippen molar-refractivity contribution in [1.29, 1.82) is 0 Å². The Kier molecular flexibility index (Phi) is 5.27. The number of methoxy groups -OCH3 is 1. The first-order chi connectivity index (χ1) is 6.24. The lowest BCUT2D eigenvalue weighted by atomic mass is 10.3. The molecular formula is C9H14N2O2. The fourth-order valence-electron chi connectivity index (χ4n) is 0.693. The van der Waals surface area contributed by atoms with E-state index < -0.39 is 5.97 Å². The highest BCUT2D eigenvalue weighted by Gasteiger charge is 2.03. The average Bonchev–Trinajstić information content (AvgIpc) is 2.20. The maximum absolute atomic E-state index is 10.9. The summed E-state index contributed by atoms with van der Waals surface area (Å²) >= 11 is 0. The Morgan fingerprint density at radius 1 is 1.54 bits per heavy atom. The molecule has 1 heterocycles. The number of pyridine rings is 1. The Hall–Kier alpha value is -1.58. The van der Waals surface area contributed by atoms with Gasteiger partial charge in [0.15, 0.2) is 0 Å². The summed E-state index contributed by atoms with van der Waals surface area (Å²) < 4.78 is 4.47. The van der Waals surface area contributed by atoms with Crippen LogP contribution >= 0.6 is 0 Å². The fraction of sp³-hybridized carbons (Fsp3) is 0.333. The zero-order valence-corrected chi connectivity index (χ0v) is 8.07. The normalized spacial score (nSPS) is 8.23. The summed E-state index contributed by atoms with van der Waals surface area (Å²) in [5.74, 6) is -0.0907. The molecule has 4 nitrogen and oxygen atoms in total. The van der Waals surface area contributed by atoms with Crippen molar-refractivity contribution in [2.45, 2.75) is 13.8 Å². The van der Waals surface area contributed by atoms with Crippen molar-refractivity contribution in [2.24, 2.45) is 0 Å². The molecule has 1 aromatic heterocycles. The molecule has 0 atom stereocenters. The molecule has 0 aliphatic rings. The van der Waals surface area contributed by atoms with Crippen LogP contribution in [0.2, 0.25) is 0 Å². The van der Waals surface area contributed by atoms with Crippen LogP contribution in [0.1, 0.15) is 24.2 Å². The third kappa shape index (κ3) is 3.55. The zero-order chi connectivity index (χ0) is 10.3. The van der Waals surface area contributed by atoms with E-state index in [9.17, 15) is 4.79 Å². The number of rotatable bonds is 1. The van der Waals surface area contributed by atoms with Gasteiger partial charge in [-0.3, -0.25) is 0 Å². The van der Waals surface area contributed by atoms with Gasteiger partial charge in [0.05, 0.1) is 12.7 Å². The summed E-state index contributed by atoms with van der Waals surface area (Å²) in [6.45, 7) is 4.00. The maximum atomic E-state index is 10.9. The topological polar surface area (TPSA) is 65.2 Å². The Morgan fingerprint density at radius 2 is 2.15 bits per heavy atom. The number of nitrogen functional groups attached to an aromatic ring is 1. The summed E-state index contributed by atoms with van der Waals surface area (Å²) in [6.07, 6.45) is 1.46. The standard InChI is InChI=1S/C7H8N2O2.C2H6/c1-11-7(10)5-2-3-9-6(8)4-5;1-2/h2-4H,1H3,(H2,8,9);1-2H3. The van der Waals surface area contributed by atoms with Gasteiger partial charge in [-0.15, -0.1) is 0 Å². The van der Waals surface area contributed by atoms with E-state index in [1.54, 1.807) is 6.07 Å². The Morgan fingerprint density at radius 3 is 2.62 bits per heavy atom. The minimum Gasteiger partial charge on any atom is -0.465 e. The number of nitrogens with zero attached hydrogens (tertiary/aromatic N) is 1. The molecule has 0 unspecified atom stereocenters. The van der Waals surface area contributed by atoms with Gasteiger partial charge in [-0.1, -0.05) is 13.8 Å². The van der Waals surface area contributed by atoms with E-state index in [0.717, 1.165) is 0 Å². The predicted molar refractivity (Wildman–Crippen MR) is 51.3 cm³/mol. The van der Waals surface area contributed by atoms with Crippen LogP contribution in [-0.2, 0) is 4.74 Å². The first kappa shape index (κ1) is 11.4. The van der Waals surface area contributed by atoms with Crippen LogP contribution in [0.3, 0.4) is 0 Å². The number of aromatic nitrogens is 1. The van der Waals surface area contributed by atoms with E-state index >= 15 is 0 Å². The first-order valence-electron chi connectivity index (χ1n) is 4.04. The monoisotopic (exact) mass is 182 g/mol. The number of esters is 1. The number of carbonyl (C=O) groups is 1. The molecule has 72 valence electrons. The van der Waals surface area contributed by atoms with Crippen molar-refractivity contribution >= 4 is 11.8 Å². The molecule has 0 aliphatic carbocycles. The molecule has 0 amide bonds. The van der Waals surface area contributed by atoms with Gasteiger partial charge in [-0.25, -0.2) is 9.78 Å².